The Kier molecular flexibility index (Phi) is 27.1. The smallest absolute Gasteiger partial charge is 0.302 e. The highest BCUT2D eigenvalue weighted by Crippen LogP contribution is 2.45. The Balaban J connectivity index is 0.00000194. The first kappa shape index (κ1) is 47.8. The van der Waals surface area contributed by atoms with Crippen molar-refractivity contribution in [2.45, 2.75) is 112 Å². The molecule has 0 aliphatic heterocycles. The molecule has 2 aromatic rings. The van der Waals surface area contributed by atoms with E-state index in [0.717, 1.165) is 57.3 Å². The molecule has 0 saturated heterocycles. The zero-order valence-electron chi connectivity index (χ0n) is 34.0. The second-order valence-electron chi connectivity index (χ2n) is 11.9. The summed E-state index contributed by atoms with van der Waals surface area (Å²) in [6.45, 7) is 19.8. The van der Waals surface area contributed by atoms with Crippen LogP contribution in [0.4, 0.5) is 11.4 Å². The third-order valence-corrected chi connectivity index (χ3v) is 8.29. The van der Waals surface area contributed by atoms with Crippen LogP contribution in [0.1, 0.15) is 111 Å². The van der Waals surface area contributed by atoms with Gasteiger partial charge in [0, 0.05) is 61.9 Å². The van der Waals surface area contributed by atoms with Crippen molar-refractivity contribution >= 4 is 17.3 Å². The predicted molar refractivity (Wildman–Crippen MR) is 224 cm³/mol. The quantitative estimate of drug-likeness (QED) is 0.143. The highest BCUT2D eigenvalue weighted by molar-refractivity contribution is 5.66. The van der Waals surface area contributed by atoms with E-state index >= 15 is 0 Å². The molecule has 52 heavy (non-hydrogen) atoms. The molecule has 5 rings (SSSR count). The van der Waals surface area contributed by atoms with Crippen LogP contribution in [-0.4, -0.2) is 50.5 Å². The number of fused-ring (bicyclic) bond motifs is 1. The minimum Gasteiger partial charge on any atom is -0.460 e. The van der Waals surface area contributed by atoms with Gasteiger partial charge in [-0.3, -0.25) is 4.79 Å². The summed E-state index contributed by atoms with van der Waals surface area (Å²) in [5.74, 6) is 0.394. The van der Waals surface area contributed by atoms with Gasteiger partial charge in [-0.15, -0.1) is 0 Å². The van der Waals surface area contributed by atoms with E-state index in [1.807, 2.05) is 27.7 Å². The van der Waals surface area contributed by atoms with Crippen LogP contribution < -0.4 is 16.0 Å². The molecule has 3 aliphatic carbocycles. The number of hydrogen-bond acceptors (Lipinski definition) is 8. The van der Waals surface area contributed by atoms with Gasteiger partial charge in [-0.1, -0.05) is 120 Å². The second-order valence-corrected chi connectivity index (χ2v) is 11.9. The molecule has 1 fully saturated rings. The van der Waals surface area contributed by atoms with E-state index in [1.165, 1.54) is 42.8 Å². The van der Waals surface area contributed by atoms with Crippen molar-refractivity contribution in [3.63, 3.8) is 0 Å². The SMILES string of the molecule is CC.CC.CCC.CCNc1ccc(C(C2=CC=C(NC3CCCCC3OC(C)=O)C3C=CC=CC23)c2ccc(NCC)cc2)cc1.CN=O.CO. The number of benzene rings is 2. The number of esters is 1. The van der Waals surface area contributed by atoms with Gasteiger partial charge in [0.1, 0.15) is 6.10 Å². The number of nitroso groups, excluding NO2 is 1. The van der Waals surface area contributed by atoms with E-state index in [2.05, 4.69) is 134 Å². The highest BCUT2D eigenvalue weighted by Gasteiger charge is 2.36. The lowest BCUT2D eigenvalue weighted by Gasteiger charge is -2.39. The maximum Gasteiger partial charge on any atom is 0.302 e. The predicted octanol–water partition coefficient (Wildman–Crippen LogP) is 10.8. The maximum absolute atomic E-state index is 11.8. The number of allylic oxidation sites excluding steroid dienone is 7. The molecule has 0 spiro atoms. The second kappa shape index (κ2) is 29.4. The summed E-state index contributed by atoms with van der Waals surface area (Å²) in [5, 5.41) is 19.9. The van der Waals surface area contributed by atoms with Crippen LogP contribution in [0.15, 0.2) is 101 Å². The molecule has 0 aromatic heterocycles. The Morgan fingerprint density at radius 2 is 1.23 bits per heavy atom. The number of nitrogens with one attached hydrogen (secondary N) is 3. The van der Waals surface area contributed by atoms with Crippen molar-refractivity contribution in [1.82, 2.24) is 5.32 Å². The molecule has 4 unspecified atom stereocenters. The summed E-state index contributed by atoms with van der Waals surface area (Å²) >= 11 is 0. The van der Waals surface area contributed by atoms with E-state index in [0.29, 0.717) is 0 Å². The number of carbonyl (C=O) groups excluding carboxylic acids is 1. The summed E-state index contributed by atoms with van der Waals surface area (Å²) in [6, 6.07) is 18.0. The zero-order chi connectivity index (χ0) is 39.3. The number of anilines is 2. The van der Waals surface area contributed by atoms with E-state index in [4.69, 9.17) is 14.8 Å². The Morgan fingerprint density at radius 1 is 0.788 bits per heavy atom. The zero-order valence-corrected chi connectivity index (χ0v) is 34.0. The van der Waals surface area contributed by atoms with Crippen LogP contribution in [0, 0.1) is 16.7 Å². The van der Waals surface area contributed by atoms with Gasteiger partial charge in [-0.2, -0.15) is 4.91 Å². The molecule has 290 valence electrons. The van der Waals surface area contributed by atoms with Crippen molar-refractivity contribution in [3.05, 3.63) is 112 Å². The molecule has 0 heterocycles. The van der Waals surface area contributed by atoms with Gasteiger partial charge in [0.15, 0.2) is 0 Å². The van der Waals surface area contributed by atoms with Gasteiger partial charge in [-0.25, -0.2) is 0 Å². The van der Waals surface area contributed by atoms with Gasteiger partial charge in [0.2, 0.25) is 0 Å². The number of aliphatic hydroxyl groups is 1. The van der Waals surface area contributed by atoms with Crippen molar-refractivity contribution in [2.24, 2.45) is 17.0 Å². The largest absolute Gasteiger partial charge is 0.460 e. The van der Waals surface area contributed by atoms with Crippen LogP contribution in [0.2, 0.25) is 0 Å². The molecule has 1 saturated carbocycles. The third-order valence-electron chi connectivity index (χ3n) is 8.29. The number of nitrogens with zero attached hydrogens (tertiary/aromatic N) is 1. The van der Waals surface area contributed by atoms with Crippen LogP contribution in [0.5, 0.6) is 0 Å². The molecule has 4 N–H and O–H groups in total. The van der Waals surface area contributed by atoms with Crippen LogP contribution in [-0.2, 0) is 9.53 Å². The van der Waals surface area contributed by atoms with E-state index < -0.39 is 0 Å². The third kappa shape index (κ3) is 15.6. The van der Waals surface area contributed by atoms with Gasteiger partial charge in [-0.05, 0) is 74.6 Å². The minimum absolute atomic E-state index is 0.0719. The molecule has 0 bridgehead atoms. The summed E-state index contributed by atoms with van der Waals surface area (Å²) in [6.07, 6.45) is 19.0. The first-order valence-corrected chi connectivity index (χ1v) is 19.4. The van der Waals surface area contributed by atoms with Crippen molar-refractivity contribution in [1.29, 1.82) is 0 Å². The van der Waals surface area contributed by atoms with E-state index in [1.54, 1.807) is 0 Å². The summed E-state index contributed by atoms with van der Waals surface area (Å²) < 4.78 is 5.72. The number of aliphatic hydroxyl groups excluding tert-OH is 1. The van der Waals surface area contributed by atoms with E-state index in [-0.39, 0.29) is 35.9 Å². The monoisotopic (exact) mass is 719 g/mol. The number of ether oxygens (including phenoxy) is 1. The minimum atomic E-state index is -0.194. The van der Waals surface area contributed by atoms with Crippen LogP contribution >= 0.6 is 0 Å². The van der Waals surface area contributed by atoms with Gasteiger partial charge in [0.25, 0.3) is 0 Å². The molecule has 2 aromatic carbocycles. The lowest BCUT2D eigenvalue weighted by Crippen LogP contribution is -2.46. The van der Waals surface area contributed by atoms with Gasteiger partial charge in [0.05, 0.1) is 13.1 Å². The maximum atomic E-state index is 11.8. The average molecular weight is 719 g/mol. The lowest BCUT2D eigenvalue weighted by atomic mass is 9.69. The standard InChI is InChI=1S/C35H43N3O2.C3H8.2C2H6.CH3NO.CH4O/c1-4-36-27-18-14-25(15-19-27)35(26-16-20-28(21-17-26)37-5-2)31-22-23-32(30-11-7-6-10-29(30)31)38-33-12-8-9-13-34(33)40-24(3)39;1-3-2;2*1-2;1-2-3;1-2/h6-7,10-11,14-23,29-30,33-38H,4-5,8-9,12-13H2,1-3H3;3H2,1-2H3;2*1-2H3;1H3;2H,1H3. The average Bonchev–Trinajstić information content (AvgIpc) is 3.18. The Labute approximate surface area is 316 Å². The number of rotatable bonds is 10. The van der Waals surface area contributed by atoms with Gasteiger partial charge >= 0.3 is 5.97 Å². The molecule has 8 nitrogen and oxygen atoms in total. The number of carbonyl (C=O) groups is 1. The molecule has 0 radical (unpaired) electrons. The number of hydrogen-bond donors (Lipinski definition) is 4. The molecule has 3 aliphatic rings. The molecule has 8 heteroatoms. The summed E-state index contributed by atoms with van der Waals surface area (Å²) in [4.78, 5) is 20.3. The topological polar surface area (TPSA) is 112 Å². The van der Waals surface area contributed by atoms with Crippen molar-refractivity contribution < 1.29 is 14.6 Å². The summed E-state index contributed by atoms with van der Waals surface area (Å²) in [5.41, 5.74) is 7.47. The highest BCUT2D eigenvalue weighted by atomic mass is 16.5. The van der Waals surface area contributed by atoms with Crippen LogP contribution in [0.3, 0.4) is 0 Å². The molecule has 0 amide bonds. The Hall–Kier alpha value is -4.17. The first-order chi connectivity index (χ1) is 25.4. The van der Waals surface area contributed by atoms with Gasteiger partial charge < -0.3 is 25.8 Å². The molecular weight excluding hydrogens is 649 g/mol. The Morgan fingerprint density at radius 3 is 1.67 bits per heavy atom. The lowest BCUT2D eigenvalue weighted by molar-refractivity contribution is -0.149. The fourth-order valence-electron chi connectivity index (χ4n) is 6.47. The molecular formula is C44H70N4O4. The van der Waals surface area contributed by atoms with Crippen LogP contribution in [0.25, 0.3) is 0 Å². The molecule has 4 atom stereocenters. The fraction of sp³-hybridized carbons (Fsp3) is 0.523. The van der Waals surface area contributed by atoms with Crippen molar-refractivity contribution in [2.75, 3.05) is 37.9 Å². The summed E-state index contributed by atoms with van der Waals surface area (Å²) in [7, 11) is 2.19. The van der Waals surface area contributed by atoms with Crippen molar-refractivity contribution in [3.8, 4) is 0 Å². The first-order valence-electron chi connectivity index (χ1n) is 19.4. The fourth-order valence-corrected chi connectivity index (χ4v) is 6.47. The normalized spacial score (nSPS) is 19.1. The van der Waals surface area contributed by atoms with E-state index in [9.17, 15) is 4.79 Å². The Bertz CT molecular complexity index is 1300.